The maximum absolute atomic E-state index is 13.0. The van der Waals surface area contributed by atoms with E-state index in [1.54, 1.807) is 24.3 Å². The highest BCUT2D eigenvalue weighted by atomic mass is 32.2. The lowest BCUT2D eigenvalue weighted by atomic mass is 10.1. The SMILES string of the molecule is O=C(C[C@@H](c1ccco1)S(=O)(=O)c1ccccc1)c1ccc(F)cc1. The van der Waals surface area contributed by atoms with Gasteiger partial charge in [-0.25, -0.2) is 12.8 Å². The number of furan rings is 1. The summed E-state index contributed by atoms with van der Waals surface area (Å²) in [7, 11) is -3.82. The average molecular weight is 358 g/mol. The Morgan fingerprint density at radius 3 is 2.24 bits per heavy atom. The molecule has 0 saturated carbocycles. The average Bonchev–Trinajstić information content (AvgIpc) is 3.15. The molecule has 0 radical (unpaired) electrons. The van der Waals surface area contributed by atoms with Crippen molar-refractivity contribution in [1.82, 2.24) is 0 Å². The van der Waals surface area contributed by atoms with Crippen LogP contribution in [0.4, 0.5) is 4.39 Å². The Labute approximate surface area is 144 Å². The van der Waals surface area contributed by atoms with E-state index >= 15 is 0 Å². The van der Waals surface area contributed by atoms with Gasteiger partial charge in [0.1, 0.15) is 16.8 Å². The summed E-state index contributed by atoms with van der Waals surface area (Å²) in [5, 5.41) is -1.15. The molecule has 3 aromatic rings. The van der Waals surface area contributed by atoms with Gasteiger partial charge in [0, 0.05) is 12.0 Å². The third-order valence-electron chi connectivity index (χ3n) is 3.84. The number of Topliss-reactive ketones (excluding diaryl/α,β-unsaturated/α-hetero) is 1. The first-order valence-corrected chi connectivity index (χ1v) is 9.14. The molecule has 25 heavy (non-hydrogen) atoms. The van der Waals surface area contributed by atoms with Crippen molar-refractivity contribution >= 4 is 15.6 Å². The summed E-state index contributed by atoms with van der Waals surface area (Å²) in [5.74, 6) is -0.670. The lowest BCUT2D eigenvalue weighted by Crippen LogP contribution is -2.17. The van der Waals surface area contributed by atoms with Crippen molar-refractivity contribution in [1.29, 1.82) is 0 Å². The fraction of sp³-hybridized carbons (Fsp3) is 0.105. The fourth-order valence-corrected chi connectivity index (χ4v) is 4.21. The quantitative estimate of drug-likeness (QED) is 0.619. The molecule has 0 bridgehead atoms. The Bertz CT molecular complexity index is 946. The van der Waals surface area contributed by atoms with Gasteiger partial charge in [-0.2, -0.15) is 0 Å². The largest absolute Gasteiger partial charge is 0.468 e. The first-order chi connectivity index (χ1) is 12.0. The Morgan fingerprint density at radius 1 is 0.960 bits per heavy atom. The van der Waals surface area contributed by atoms with Crippen LogP contribution in [0.2, 0.25) is 0 Å². The maximum atomic E-state index is 13.0. The van der Waals surface area contributed by atoms with E-state index in [1.165, 1.54) is 48.7 Å². The van der Waals surface area contributed by atoms with Crippen molar-refractivity contribution in [2.75, 3.05) is 0 Å². The molecule has 0 N–H and O–H groups in total. The molecule has 2 aromatic carbocycles. The zero-order valence-corrected chi connectivity index (χ0v) is 13.9. The van der Waals surface area contributed by atoms with Gasteiger partial charge in [0.05, 0.1) is 11.2 Å². The molecule has 0 aliphatic rings. The molecule has 0 unspecified atom stereocenters. The second kappa shape index (κ2) is 7.03. The van der Waals surface area contributed by atoms with Gasteiger partial charge in [0.25, 0.3) is 0 Å². The number of carbonyl (C=O) groups excluding carboxylic acids is 1. The van der Waals surface area contributed by atoms with Gasteiger partial charge in [-0.1, -0.05) is 18.2 Å². The molecule has 1 atom stereocenters. The highest BCUT2D eigenvalue weighted by Crippen LogP contribution is 2.33. The monoisotopic (exact) mass is 358 g/mol. The van der Waals surface area contributed by atoms with E-state index in [1.807, 2.05) is 0 Å². The fourth-order valence-electron chi connectivity index (χ4n) is 2.53. The van der Waals surface area contributed by atoms with E-state index in [4.69, 9.17) is 4.42 Å². The molecule has 1 aromatic heterocycles. The smallest absolute Gasteiger partial charge is 0.188 e. The van der Waals surface area contributed by atoms with E-state index in [0.29, 0.717) is 0 Å². The van der Waals surface area contributed by atoms with Gasteiger partial charge in [-0.3, -0.25) is 4.79 Å². The molecule has 1 heterocycles. The standard InChI is InChI=1S/C19H15FO4S/c20-15-10-8-14(9-11-15)17(21)13-19(18-7-4-12-24-18)25(22,23)16-5-2-1-3-6-16/h1-12,19H,13H2/t19-/m0/s1. The molecule has 128 valence electrons. The van der Waals surface area contributed by atoms with Crippen LogP contribution in [0.1, 0.15) is 27.8 Å². The number of ketones is 1. The first-order valence-electron chi connectivity index (χ1n) is 7.59. The van der Waals surface area contributed by atoms with Crippen molar-refractivity contribution in [2.45, 2.75) is 16.6 Å². The first kappa shape index (κ1) is 17.1. The van der Waals surface area contributed by atoms with E-state index in [2.05, 4.69) is 0 Å². The normalized spacial score (nSPS) is 12.7. The van der Waals surface area contributed by atoms with Crippen molar-refractivity contribution in [2.24, 2.45) is 0 Å². The Hall–Kier alpha value is -2.73. The lowest BCUT2D eigenvalue weighted by molar-refractivity contribution is 0.0978. The number of sulfone groups is 1. The van der Waals surface area contributed by atoms with Crippen LogP contribution in [0.5, 0.6) is 0 Å². The van der Waals surface area contributed by atoms with Crippen LogP contribution >= 0.6 is 0 Å². The summed E-state index contributed by atoms with van der Waals surface area (Å²) < 4.78 is 44.3. The molecule has 0 saturated heterocycles. The summed E-state index contributed by atoms with van der Waals surface area (Å²) in [4.78, 5) is 12.6. The maximum Gasteiger partial charge on any atom is 0.188 e. The topological polar surface area (TPSA) is 64.3 Å². The van der Waals surface area contributed by atoms with Crippen molar-refractivity contribution in [3.05, 3.63) is 90.1 Å². The molecule has 0 spiro atoms. The van der Waals surface area contributed by atoms with Crippen molar-refractivity contribution in [3.63, 3.8) is 0 Å². The molecule has 6 heteroatoms. The molecule has 4 nitrogen and oxygen atoms in total. The minimum absolute atomic E-state index is 0.114. The van der Waals surface area contributed by atoms with Crippen LogP contribution in [0, 0.1) is 5.82 Å². The van der Waals surface area contributed by atoms with Gasteiger partial charge < -0.3 is 4.42 Å². The number of halogens is 1. The predicted octanol–water partition coefficient (Wildman–Crippen LogP) is 4.21. The Balaban J connectivity index is 1.96. The summed E-state index contributed by atoms with van der Waals surface area (Å²) in [5.41, 5.74) is 0.251. The van der Waals surface area contributed by atoms with Gasteiger partial charge in [0.15, 0.2) is 15.6 Å². The van der Waals surface area contributed by atoms with E-state index in [-0.39, 0.29) is 22.6 Å². The molecular formula is C19H15FO4S. The summed E-state index contributed by atoms with van der Waals surface area (Å²) >= 11 is 0. The second-order valence-electron chi connectivity index (χ2n) is 5.50. The van der Waals surface area contributed by atoms with Gasteiger partial charge in [-0.15, -0.1) is 0 Å². The summed E-state index contributed by atoms with van der Waals surface area (Å²) in [6.07, 6.45) is 1.07. The number of hydrogen-bond acceptors (Lipinski definition) is 4. The van der Waals surface area contributed by atoms with Gasteiger partial charge in [-0.05, 0) is 48.5 Å². The van der Waals surface area contributed by atoms with Crippen LogP contribution in [-0.4, -0.2) is 14.2 Å². The molecular weight excluding hydrogens is 343 g/mol. The minimum atomic E-state index is -3.82. The highest BCUT2D eigenvalue weighted by molar-refractivity contribution is 7.91. The van der Waals surface area contributed by atoms with E-state index < -0.39 is 26.7 Å². The third-order valence-corrected chi connectivity index (χ3v) is 5.92. The molecule has 0 amide bonds. The lowest BCUT2D eigenvalue weighted by Gasteiger charge is -2.15. The van der Waals surface area contributed by atoms with Crippen LogP contribution in [0.15, 0.2) is 82.3 Å². The molecule has 3 rings (SSSR count). The van der Waals surface area contributed by atoms with Gasteiger partial charge >= 0.3 is 0 Å². The highest BCUT2D eigenvalue weighted by Gasteiger charge is 2.33. The number of carbonyl (C=O) groups is 1. The van der Waals surface area contributed by atoms with Crippen molar-refractivity contribution < 1.29 is 22.0 Å². The molecule has 0 aliphatic carbocycles. The van der Waals surface area contributed by atoms with Crippen LogP contribution in [0.25, 0.3) is 0 Å². The van der Waals surface area contributed by atoms with E-state index in [9.17, 15) is 17.6 Å². The van der Waals surface area contributed by atoms with E-state index in [0.717, 1.165) is 0 Å². The number of rotatable bonds is 6. The van der Waals surface area contributed by atoms with Crippen LogP contribution < -0.4 is 0 Å². The minimum Gasteiger partial charge on any atom is -0.468 e. The summed E-state index contributed by atoms with van der Waals surface area (Å²) in [6.45, 7) is 0. The molecule has 0 aliphatic heterocycles. The Kier molecular flexibility index (Phi) is 4.81. The van der Waals surface area contributed by atoms with Gasteiger partial charge in [0.2, 0.25) is 0 Å². The number of benzene rings is 2. The van der Waals surface area contributed by atoms with Crippen molar-refractivity contribution in [3.8, 4) is 0 Å². The number of hydrogen-bond donors (Lipinski definition) is 0. The van der Waals surface area contributed by atoms with Crippen LogP contribution in [-0.2, 0) is 9.84 Å². The predicted molar refractivity (Wildman–Crippen MR) is 90.4 cm³/mol. The second-order valence-corrected chi connectivity index (χ2v) is 7.63. The zero-order chi connectivity index (χ0) is 17.9. The van der Waals surface area contributed by atoms with Crippen LogP contribution in [0.3, 0.4) is 0 Å². The zero-order valence-electron chi connectivity index (χ0n) is 13.1. The molecule has 0 fully saturated rings. The summed E-state index contributed by atoms with van der Waals surface area (Å²) in [6, 6.07) is 16.0. The third kappa shape index (κ3) is 3.69. The Morgan fingerprint density at radius 2 is 1.64 bits per heavy atom.